The van der Waals surface area contributed by atoms with Crippen LogP contribution in [0.5, 0.6) is 0 Å². The predicted octanol–water partition coefficient (Wildman–Crippen LogP) is 3.81. The summed E-state index contributed by atoms with van der Waals surface area (Å²) < 4.78 is 0. The normalized spacial score (nSPS) is 26.7. The lowest BCUT2D eigenvalue weighted by atomic mass is 9.83. The van der Waals surface area contributed by atoms with Crippen molar-refractivity contribution >= 4 is 5.69 Å². The summed E-state index contributed by atoms with van der Waals surface area (Å²) in [6.45, 7) is 5.53. The monoisotopic (exact) mass is 260 g/mol. The van der Waals surface area contributed by atoms with Crippen LogP contribution in [0.1, 0.15) is 46.0 Å². The average Bonchev–Trinajstić information content (AvgIpc) is 2.58. The van der Waals surface area contributed by atoms with Crippen LogP contribution in [-0.4, -0.2) is 19.1 Å². The Morgan fingerprint density at radius 1 is 1.05 bits per heavy atom. The highest BCUT2D eigenvalue weighted by molar-refractivity contribution is 5.48. The van der Waals surface area contributed by atoms with Crippen LogP contribution in [0.25, 0.3) is 0 Å². The van der Waals surface area contributed by atoms with Gasteiger partial charge in [-0.3, -0.25) is 0 Å². The summed E-state index contributed by atoms with van der Waals surface area (Å²) in [5, 5.41) is 0. The van der Waals surface area contributed by atoms with Crippen LogP contribution >= 0.6 is 0 Å². The SMILES string of the molecule is CN(c1ccccc1)C1(CN)CCCC(C)(C)CC1. The summed E-state index contributed by atoms with van der Waals surface area (Å²) in [4.78, 5) is 2.42. The van der Waals surface area contributed by atoms with Gasteiger partial charge in [0.2, 0.25) is 0 Å². The highest BCUT2D eigenvalue weighted by Gasteiger charge is 2.37. The van der Waals surface area contributed by atoms with Crippen molar-refractivity contribution in [3.05, 3.63) is 30.3 Å². The summed E-state index contributed by atoms with van der Waals surface area (Å²) >= 11 is 0. The molecule has 2 N–H and O–H groups in total. The molecule has 1 aromatic carbocycles. The van der Waals surface area contributed by atoms with Crippen molar-refractivity contribution in [2.75, 3.05) is 18.5 Å². The number of hydrogen-bond acceptors (Lipinski definition) is 2. The smallest absolute Gasteiger partial charge is 0.0521 e. The number of nitrogens with zero attached hydrogens (tertiary/aromatic N) is 1. The minimum Gasteiger partial charge on any atom is -0.368 e. The summed E-state index contributed by atoms with van der Waals surface area (Å²) in [5.41, 5.74) is 8.08. The van der Waals surface area contributed by atoms with Crippen molar-refractivity contribution < 1.29 is 0 Å². The van der Waals surface area contributed by atoms with E-state index in [1.807, 2.05) is 0 Å². The maximum atomic E-state index is 6.19. The number of para-hydroxylation sites is 1. The Morgan fingerprint density at radius 3 is 2.37 bits per heavy atom. The number of hydrogen-bond donors (Lipinski definition) is 1. The van der Waals surface area contributed by atoms with E-state index in [4.69, 9.17) is 5.73 Å². The maximum absolute atomic E-state index is 6.19. The zero-order valence-corrected chi connectivity index (χ0v) is 12.7. The van der Waals surface area contributed by atoms with Gasteiger partial charge in [-0.15, -0.1) is 0 Å². The van der Waals surface area contributed by atoms with Crippen LogP contribution in [0, 0.1) is 5.41 Å². The van der Waals surface area contributed by atoms with E-state index < -0.39 is 0 Å². The molecule has 2 nitrogen and oxygen atoms in total. The first-order valence-electron chi connectivity index (χ1n) is 7.48. The zero-order valence-electron chi connectivity index (χ0n) is 12.7. The lowest BCUT2D eigenvalue weighted by Crippen LogP contribution is -2.52. The van der Waals surface area contributed by atoms with E-state index in [0.29, 0.717) is 5.41 Å². The molecule has 1 aliphatic rings. The second kappa shape index (κ2) is 5.54. The Kier molecular flexibility index (Phi) is 4.19. The highest BCUT2D eigenvalue weighted by atomic mass is 15.2. The van der Waals surface area contributed by atoms with E-state index in [2.05, 4.69) is 56.1 Å². The van der Waals surface area contributed by atoms with Crippen LogP contribution in [0.2, 0.25) is 0 Å². The van der Waals surface area contributed by atoms with Gasteiger partial charge in [-0.1, -0.05) is 38.5 Å². The molecule has 0 spiro atoms. The first-order chi connectivity index (χ1) is 8.99. The van der Waals surface area contributed by atoms with Gasteiger partial charge in [0, 0.05) is 19.3 Å². The first kappa shape index (κ1) is 14.4. The summed E-state index contributed by atoms with van der Waals surface area (Å²) in [7, 11) is 2.21. The largest absolute Gasteiger partial charge is 0.368 e. The second-order valence-corrected chi connectivity index (χ2v) is 6.84. The van der Waals surface area contributed by atoms with Crippen LogP contribution in [0.4, 0.5) is 5.69 Å². The van der Waals surface area contributed by atoms with Gasteiger partial charge in [0.15, 0.2) is 0 Å². The molecule has 0 radical (unpaired) electrons. The van der Waals surface area contributed by atoms with Gasteiger partial charge in [-0.2, -0.15) is 0 Å². The molecule has 0 amide bonds. The molecule has 1 unspecified atom stereocenters. The van der Waals surface area contributed by atoms with Gasteiger partial charge >= 0.3 is 0 Å². The van der Waals surface area contributed by atoms with Gasteiger partial charge in [0.25, 0.3) is 0 Å². The molecular weight excluding hydrogens is 232 g/mol. The second-order valence-electron chi connectivity index (χ2n) is 6.84. The predicted molar refractivity (Wildman–Crippen MR) is 83.5 cm³/mol. The molecule has 2 rings (SSSR count). The third-order valence-electron chi connectivity index (χ3n) is 5.00. The van der Waals surface area contributed by atoms with Crippen LogP contribution in [-0.2, 0) is 0 Å². The molecule has 19 heavy (non-hydrogen) atoms. The Morgan fingerprint density at radius 2 is 1.74 bits per heavy atom. The van der Waals surface area contributed by atoms with Crippen LogP contribution < -0.4 is 10.6 Å². The van der Waals surface area contributed by atoms with E-state index in [9.17, 15) is 0 Å². The number of likely N-dealkylation sites (N-methyl/N-ethyl adjacent to an activating group) is 1. The minimum absolute atomic E-state index is 0.134. The fraction of sp³-hybridized carbons (Fsp3) is 0.647. The molecule has 0 aliphatic heterocycles. The van der Waals surface area contributed by atoms with Crippen molar-refractivity contribution in [2.24, 2.45) is 11.1 Å². The fourth-order valence-corrected chi connectivity index (χ4v) is 3.32. The summed E-state index contributed by atoms with van der Waals surface area (Å²) in [6.07, 6.45) is 6.26. The third-order valence-corrected chi connectivity index (χ3v) is 5.00. The average molecular weight is 260 g/mol. The number of benzene rings is 1. The van der Waals surface area contributed by atoms with E-state index in [1.165, 1.54) is 37.8 Å². The topological polar surface area (TPSA) is 29.3 Å². The van der Waals surface area contributed by atoms with E-state index in [1.54, 1.807) is 0 Å². The van der Waals surface area contributed by atoms with Crippen LogP contribution in [0.3, 0.4) is 0 Å². The van der Waals surface area contributed by atoms with Crippen molar-refractivity contribution in [3.63, 3.8) is 0 Å². The number of rotatable bonds is 3. The third kappa shape index (κ3) is 3.11. The minimum atomic E-state index is 0.134. The van der Waals surface area contributed by atoms with Gasteiger partial charge in [-0.25, -0.2) is 0 Å². The van der Waals surface area contributed by atoms with Gasteiger partial charge in [0.1, 0.15) is 0 Å². The molecule has 1 atom stereocenters. The Labute approximate surface area is 118 Å². The molecular formula is C17H28N2. The Bertz CT molecular complexity index is 399. The van der Waals surface area contributed by atoms with Crippen molar-refractivity contribution in [2.45, 2.75) is 51.5 Å². The molecule has 106 valence electrons. The molecule has 1 fully saturated rings. The Balaban J connectivity index is 2.22. The molecule has 1 aromatic rings. The highest BCUT2D eigenvalue weighted by Crippen LogP contribution is 2.41. The summed E-state index contributed by atoms with van der Waals surface area (Å²) in [6, 6.07) is 10.7. The molecule has 1 saturated carbocycles. The lowest BCUT2D eigenvalue weighted by Gasteiger charge is -2.43. The van der Waals surface area contributed by atoms with E-state index >= 15 is 0 Å². The summed E-state index contributed by atoms with van der Waals surface area (Å²) in [5.74, 6) is 0. The molecule has 0 heterocycles. The Hall–Kier alpha value is -1.02. The number of anilines is 1. The molecule has 0 bridgehead atoms. The van der Waals surface area contributed by atoms with Crippen molar-refractivity contribution in [1.82, 2.24) is 0 Å². The van der Waals surface area contributed by atoms with Gasteiger partial charge in [0.05, 0.1) is 5.54 Å². The van der Waals surface area contributed by atoms with Crippen molar-refractivity contribution in [3.8, 4) is 0 Å². The molecule has 0 saturated heterocycles. The standard InChI is InChI=1S/C17H28N2/c1-16(2)10-7-11-17(14-18,13-12-16)19(3)15-8-5-4-6-9-15/h4-6,8-9H,7,10-14,18H2,1-3H3. The van der Waals surface area contributed by atoms with Crippen molar-refractivity contribution in [1.29, 1.82) is 0 Å². The molecule has 1 aliphatic carbocycles. The fourth-order valence-electron chi connectivity index (χ4n) is 3.32. The molecule has 2 heteroatoms. The van der Waals surface area contributed by atoms with E-state index in [-0.39, 0.29) is 5.54 Å². The first-order valence-corrected chi connectivity index (χ1v) is 7.48. The van der Waals surface area contributed by atoms with Gasteiger partial charge in [-0.05, 0) is 43.2 Å². The molecule has 0 aromatic heterocycles. The van der Waals surface area contributed by atoms with Gasteiger partial charge < -0.3 is 10.6 Å². The number of nitrogens with two attached hydrogens (primary N) is 1. The van der Waals surface area contributed by atoms with E-state index in [0.717, 1.165) is 6.54 Å². The van der Waals surface area contributed by atoms with Crippen LogP contribution in [0.15, 0.2) is 30.3 Å². The quantitative estimate of drug-likeness (QED) is 0.837. The zero-order chi connectivity index (χ0) is 13.9. The lowest BCUT2D eigenvalue weighted by molar-refractivity contribution is 0.296. The maximum Gasteiger partial charge on any atom is 0.0521 e.